The van der Waals surface area contributed by atoms with E-state index >= 15 is 0 Å². The molecule has 2 nitrogen and oxygen atoms in total. The summed E-state index contributed by atoms with van der Waals surface area (Å²) in [5.74, 6) is -0.0258. The molecule has 1 aromatic carbocycles. The highest BCUT2D eigenvalue weighted by molar-refractivity contribution is 8.04. The number of thioether (sulfide) groups is 1. The lowest BCUT2D eigenvalue weighted by atomic mass is 10.3. The fraction of sp³-hybridized carbons (Fsp3) is 0. The molecular weight excluding hydrogens is 250 g/mol. The Morgan fingerprint density at radius 3 is 2.82 bits per heavy atom. The minimum atomic E-state index is -0.0258. The first-order chi connectivity index (χ1) is 8.33. The Kier molecular flexibility index (Phi) is 2.74. The van der Waals surface area contributed by atoms with Gasteiger partial charge in [-0.25, -0.2) is 0 Å². The van der Waals surface area contributed by atoms with Crippen molar-refractivity contribution < 1.29 is 4.79 Å². The summed E-state index contributed by atoms with van der Waals surface area (Å²) in [5.41, 5.74) is 0.894. The maximum absolute atomic E-state index is 11.9. The predicted molar refractivity (Wildman–Crippen MR) is 73.2 cm³/mol. The van der Waals surface area contributed by atoms with Crippen LogP contribution in [-0.2, 0) is 4.79 Å². The standard InChI is InChI=1S/C13H9NOS2/c15-13-12(8-9-4-3-7-16-9)17-11-6-2-1-5-10(11)14-13/h1-8H,(H,14,15)/b12-8-. The van der Waals surface area contributed by atoms with Gasteiger partial charge in [0.15, 0.2) is 0 Å². The van der Waals surface area contributed by atoms with E-state index in [1.807, 2.05) is 47.9 Å². The Balaban J connectivity index is 1.97. The van der Waals surface area contributed by atoms with Gasteiger partial charge in [0.1, 0.15) is 0 Å². The molecule has 0 bridgehead atoms. The zero-order valence-corrected chi connectivity index (χ0v) is 10.5. The summed E-state index contributed by atoms with van der Waals surface area (Å²) in [6, 6.07) is 11.8. The predicted octanol–water partition coefficient (Wildman–Crippen LogP) is 3.83. The lowest BCUT2D eigenvalue weighted by Crippen LogP contribution is -2.16. The quantitative estimate of drug-likeness (QED) is 0.788. The maximum Gasteiger partial charge on any atom is 0.262 e. The van der Waals surface area contributed by atoms with Gasteiger partial charge in [0, 0.05) is 9.77 Å². The summed E-state index contributed by atoms with van der Waals surface area (Å²) >= 11 is 3.15. The summed E-state index contributed by atoms with van der Waals surface area (Å²) in [4.78, 5) is 14.8. The third-order valence-electron chi connectivity index (χ3n) is 2.40. The zero-order valence-electron chi connectivity index (χ0n) is 8.84. The van der Waals surface area contributed by atoms with Gasteiger partial charge in [-0.05, 0) is 29.7 Å². The van der Waals surface area contributed by atoms with Crippen LogP contribution in [0, 0.1) is 0 Å². The number of hydrogen-bond donors (Lipinski definition) is 1. The summed E-state index contributed by atoms with van der Waals surface area (Å²) in [6.07, 6.45) is 1.93. The van der Waals surface area contributed by atoms with Crippen molar-refractivity contribution in [1.82, 2.24) is 0 Å². The van der Waals surface area contributed by atoms with Crippen molar-refractivity contribution in [3.8, 4) is 0 Å². The summed E-state index contributed by atoms with van der Waals surface area (Å²) < 4.78 is 0. The van der Waals surface area contributed by atoms with Crippen molar-refractivity contribution in [3.05, 3.63) is 51.6 Å². The second-order valence-electron chi connectivity index (χ2n) is 3.58. The average molecular weight is 259 g/mol. The van der Waals surface area contributed by atoms with Crippen LogP contribution >= 0.6 is 23.1 Å². The Morgan fingerprint density at radius 2 is 2.00 bits per heavy atom. The van der Waals surface area contributed by atoms with Gasteiger partial charge in [-0.1, -0.05) is 30.0 Å². The number of rotatable bonds is 1. The van der Waals surface area contributed by atoms with E-state index in [0.29, 0.717) is 0 Å². The van der Waals surface area contributed by atoms with Crippen molar-refractivity contribution in [2.45, 2.75) is 4.90 Å². The minimum Gasteiger partial charge on any atom is -0.320 e. The fourth-order valence-corrected chi connectivity index (χ4v) is 3.28. The van der Waals surface area contributed by atoms with Crippen LogP contribution in [0.15, 0.2) is 51.6 Å². The number of para-hydroxylation sites is 1. The number of benzene rings is 1. The van der Waals surface area contributed by atoms with Crippen LogP contribution in [0.1, 0.15) is 4.88 Å². The number of hydrogen-bond acceptors (Lipinski definition) is 3. The summed E-state index contributed by atoms with van der Waals surface area (Å²) in [5, 5.41) is 4.90. The van der Waals surface area contributed by atoms with Crippen LogP contribution in [-0.4, -0.2) is 5.91 Å². The number of fused-ring (bicyclic) bond motifs is 1. The van der Waals surface area contributed by atoms with Crippen LogP contribution in [0.5, 0.6) is 0 Å². The van der Waals surface area contributed by atoms with Gasteiger partial charge in [-0.15, -0.1) is 11.3 Å². The minimum absolute atomic E-state index is 0.0258. The maximum atomic E-state index is 11.9. The van der Waals surface area contributed by atoms with Gasteiger partial charge < -0.3 is 5.32 Å². The lowest BCUT2D eigenvalue weighted by molar-refractivity contribution is -0.112. The first-order valence-electron chi connectivity index (χ1n) is 5.16. The molecule has 0 unspecified atom stereocenters. The second-order valence-corrected chi connectivity index (χ2v) is 5.64. The van der Waals surface area contributed by atoms with E-state index in [1.54, 1.807) is 11.3 Å². The molecule has 1 N–H and O–H groups in total. The van der Waals surface area contributed by atoms with E-state index < -0.39 is 0 Å². The highest BCUT2D eigenvalue weighted by Crippen LogP contribution is 2.38. The number of carbonyl (C=O) groups is 1. The molecule has 0 radical (unpaired) electrons. The molecule has 0 spiro atoms. The smallest absolute Gasteiger partial charge is 0.262 e. The molecule has 4 heteroatoms. The van der Waals surface area contributed by atoms with E-state index in [-0.39, 0.29) is 5.91 Å². The van der Waals surface area contributed by atoms with Crippen molar-refractivity contribution in [2.24, 2.45) is 0 Å². The van der Waals surface area contributed by atoms with Gasteiger partial charge in [-0.2, -0.15) is 0 Å². The molecule has 0 saturated carbocycles. The van der Waals surface area contributed by atoms with Gasteiger partial charge in [0.05, 0.1) is 10.6 Å². The lowest BCUT2D eigenvalue weighted by Gasteiger charge is -2.17. The molecule has 2 heterocycles. The summed E-state index contributed by atoms with van der Waals surface area (Å²) in [7, 11) is 0. The number of anilines is 1. The van der Waals surface area contributed by atoms with Crippen LogP contribution < -0.4 is 5.32 Å². The van der Waals surface area contributed by atoms with Crippen LogP contribution in [0.4, 0.5) is 5.69 Å². The first-order valence-corrected chi connectivity index (χ1v) is 6.86. The van der Waals surface area contributed by atoms with Gasteiger partial charge in [0.2, 0.25) is 0 Å². The molecule has 3 rings (SSSR count). The highest BCUT2D eigenvalue weighted by Gasteiger charge is 2.20. The highest BCUT2D eigenvalue weighted by atomic mass is 32.2. The molecule has 2 aromatic rings. The Morgan fingerprint density at radius 1 is 1.12 bits per heavy atom. The van der Waals surface area contributed by atoms with Crippen molar-refractivity contribution in [2.75, 3.05) is 5.32 Å². The largest absolute Gasteiger partial charge is 0.320 e. The fourth-order valence-electron chi connectivity index (χ4n) is 1.61. The van der Waals surface area contributed by atoms with Crippen molar-refractivity contribution in [3.63, 3.8) is 0 Å². The molecular formula is C13H9NOS2. The average Bonchev–Trinajstić information content (AvgIpc) is 2.83. The SMILES string of the molecule is O=C1Nc2ccccc2S/C1=C\c1cccs1. The third kappa shape index (κ3) is 2.14. The number of nitrogens with one attached hydrogen (secondary N) is 1. The third-order valence-corrected chi connectivity index (χ3v) is 4.31. The molecule has 17 heavy (non-hydrogen) atoms. The molecule has 0 atom stereocenters. The van der Waals surface area contributed by atoms with E-state index in [9.17, 15) is 4.79 Å². The number of carbonyl (C=O) groups excluding carboxylic acids is 1. The van der Waals surface area contributed by atoms with Crippen LogP contribution in [0.2, 0.25) is 0 Å². The van der Waals surface area contributed by atoms with E-state index in [4.69, 9.17) is 0 Å². The zero-order chi connectivity index (χ0) is 11.7. The second kappa shape index (κ2) is 4.39. The molecule has 1 aliphatic heterocycles. The molecule has 84 valence electrons. The Bertz CT molecular complexity index is 587. The van der Waals surface area contributed by atoms with Crippen LogP contribution in [0.25, 0.3) is 6.08 Å². The van der Waals surface area contributed by atoms with Gasteiger partial charge in [0.25, 0.3) is 5.91 Å². The number of amides is 1. The van der Waals surface area contributed by atoms with Crippen LogP contribution in [0.3, 0.4) is 0 Å². The van der Waals surface area contributed by atoms with E-state index in [1.165, 1.54) is 11.8 Å². The molecule has 1 amide bonds. The molecule has 0 fully saturated rings. The Labute approximate surface area is 107 Å². The monoisotopic (exact) mass is 259 g/mol. The topological polar surface area (TPSA) is 29.1 Å². The molecule has 0 aliphatic carbocycles. The Hall–Kier alpha value is -1.52. The normalized spacial score (nSPS) is 16.7. The first kappa shape index (κ1) is 10.6. The van der Waals surface area contributed by atoms with Crippen molar-refractivity contribution >= 4 is 40.8 Å². The van der Waals surface area contributed by atoms with Gasteiger partial charge in [-0.3, -0.25) is 4.79 Å². The van der Waals surface area contributed by atoms with E-state index in [0.717, 1.165) is 20.4 Å². The van der Waals surface area contributed by atoms with Crippen molar-refractivity contribution in [1.29, 1.82) is 0 Å². The molecule has 1 aliphatic rings. The summed E-state index contributed by atoms with van der Waals surface area (Å²) in [6.45, 7) is 0. The van der Waals surface area contributed by atoms with E-state index in [2.05, 4.69) is 5.32 Å². The molecule has 1 aromatic heterocycles. The number of thiophene rings is 1. The van der Waals surface area contributed by atoms with Gasteiger partial charge >= 0.3 is 0 Å². The molecule has 0 saturated heterocycles.